The Balaban J connectivity index is 1.57. The van der Waals surface area contributed by atoms with E-state index in [2.05, 4.69) is 49.5 Å². The molecule has 8 nitrogen and oxygen atoms in total. The first-order valence-corrected chi connectivity index (χ1v) is 12.2. The van der Waals surface area contributed by atoms with E-state index in [1.807, 2.05) is 60.8 Å². The Morgan fingerprint density at radius 3 is 2.59 bits per heavy atom. The summed E-state index contributed by atoms with van der Waals surface area (Å²) in [5, 5.41) is 6.90. The van der Waals surface area contributed by atoms with Gasteiger partial charge in [-0.15, -0.1) is 0 Å². The molecule has 5 rings (SSSR count). The molecule has 188 valence electrons. The highest BCUT2D eigenvalue weighted by Gasteiger charge is 2.41. The van der Waals surface area contributed by atoms with Crippen LogP contribution in [-0.4, -0.2) is 41.4 Å². The first kappa shape index (κ1) is 24.5. The normalized spacial score (nSPS) is 16.9. The molecule has 2 aromatic carbocycles. The Labute approximate surface area is 220 Å². The molecule has 0 saturated carbocycles. The number of thiocarbonyl (C=S) groups is 1. The molecule has 0 unspecified atom stereocenters. The highest BCUT2D eigenvalue weighted by atomic mass is 32.1. The average molecular weight is 514 g/mol. The van der Waals surface area contributed by atoms with Crippen molar-refractivity contribution in [2.75, 3.05) is 31.0 Å². The zero-order chi connectivity index (χ0) is 25.8. The van der Waals surface area contributed by atoms with Gasteiger partial charge < -0.3 is 29.6 Å². The number of rotatable bonds is 8. The Hall–Kier alpha value is -4.21. The Bertz CT molecular complexity index is 1390. The fourth-order valence-corrected chi connectivity index (χ4v) is 4.93. The van der Waals surface area contributed by atoms with Crippen LogP contribution < -0.4 is 20.3 Å². The third kappa shape index (κ3) is 5.04. The SMILES string of the molecule is COCC(=O)Nc1cc(N2C(=S)N[C@H](c3ccccn3)[C@H]2c2ccn(-c3ccccc3)c2)ccc1OC. The van der Waals surface area contributed by atoms with Gasteiger partial charge in [0.05, 0.1) is 30.6 Å². The molecule has 1 aliphatic heterocycles. The molecule has 4 aromatic rings. The maximum absolute atomic E-state index is 12.3. The van der Waals surface area contributed by atoms with Crippen LogP contribution in [0.2, 0.25) is 0 Å². The van der Waals surface area contributed by atoms with E-state index >= 15 is 0 Å². The number of carbonyl (C=O) groups excluding carboxylic acids is 1. The lowest BCUT2D eigenvalue weighted by Gasteiger charge is -2.28. The van der Waals surface area contributed by atoms with Gasteiger partial charge >= 0.3 is 0 Å². The molecule has 0 aliphatic carbocycles. The van der Waals surface area contributed by atoms with Crippen LogP contribution in [0.15, 0.2) is 91.4 Å². The molecule has 2 atom stereocenters. The van der Waals surface area contributed by atoms with Crippen LogP contribution in [0.3, 0.4) is 0 Å². The zero-order valence-corrected chi connectivity index (χ0v) is 21.3. The third-order valence-corrected chi connectivity index (χ3v) is 6.53. The third-order valence-electron chi connectivity index (χ3n) is 6.22. The zero-order valence-electron chi connectivity index (χ0n) is 20.5. The summed E-state index contributed by atoms with van der Waals surface area (Å²) in [6, 6.07) is 23.4. The molecule has 2 aromatic heterocycles. The van der Waals surface area contributed by atoms with Gasteiger partial charge in [0.15, 0.2) is 5.11 Å². The van der Waals surface area contributed by atoms with E-state index in [9.17, 15) is 4.79 Å². The van der Waals surface area contributed by atoms with E-state index in [1.165, 1.54) is 7.11 Å². The second-order valence-electron chi connectivity index (χ2n) is 8.55. The summed E-state index contributed by atoms with van der Waals surface area (Å²) >= 11 is 5.85. The Kier molecular flexibility index (Phi) is 7.16. The second-order valence-corrected chi connectivity index (χ2v) is 8.94. The van der Waals surface area contributed by atoms with E-state index in [-0.39, 0.29) is 24.6 Å². The molecule has 1 fully saturated rings. The first-order chi connectivity index (χ1) is 18.1. The molecule has 1 amide bonds. The number of para-hydroxylation sites is 1. The van der Waals surface area contributed by atoms with E-state index in [0.29, 0.717) is 16.5 Å². The average Bonchev–Trinajstić information content (AvgIpc) is 3.54. The monoisotopic (exact) mass is 513 g/mol. The topological polar surface area (TPSA) is 80.7 Å². The Morgan fingerprint density at radius 2 is 1.86 bits per heavy atom. The molecule has 1 saturated heterocycles. The molecule has 0 spiro atoms. The summed E-state index contributed by atoms with van der Waals surface area (Å²) in [5.41, 5.74) is 4.35. The molecule has 1 aliphatic rings. The largest absolute Gasteiger partial charge is 0.495 e. The van der Waals surface area contributed by atoms with Crippen molar-refractivity contribution in [2.24, 2.45) is 0 Å². The predicted molar refractivity (Wildman–Crippen MR) is 147 cm³/mol. The van der Waals surface area contributed by atoms with E-state index in [0.717, 1.165) is 22.6 Å². The van der Waals surface area contributed by atoms with Crippen LogP contribution in [0.25, 0.3) is 5.69 Å². The van der Waals surface area contributed by atoms with Gasteiger partial charge in [0.2, 0.25) is 5.91 Å². The van der Waals surface area contributed by atoms with Gasteiger partial charge in [0.1, 0.15) is 12.4 Å². The van der Waals surface area contributed by atoms with Crippen molar-refractivity contribution in [1.82, 2.24) is 14.9 Å². The van der Waals surface area contributed by atoms with Crippen LogP contribution in [-0.2, 0) is 9.53 Å². The lowest BCUT2D eigenvalue weighted by atomic mass is 9.98. The molecular weight excluding hydrogens is 486 g/mol. The number of hydrogen-bond donors (Lipinski definition) is 2. The number of hydrogen-bond acceptors (Lipinski definition) is 5. The fraction of sp³-hybridized carbons (Fsp3) is 0.179. The number of nitrogens with one attached hydrogen (secondary N) is 2. The van der Waals surface area contributed by atoms with Crippen molar-refractivity contribution in [3.8, 4) is 11.4 Å². The predicted octanol–water partition coefficient (Wildman–Crippen LogP) is 4.64. The first-order valence-electron chi connectivity index (χ1n) is 11.8. The van der Waals surface area contributed by atoms with Crippen molar-refractivity contribution >= 4 is 34.6 Å². The van der Waals surface area contributed by atoms with Crippen molar-refractivity contribution in [3.63, 3.8) is 0 Å². The maximum Gasteiger partial charge on any atom is 0.250 e. The number of nitrogens with zero attached hydrogens (tertiary/aromatic N) is 3. The molecular formula is C28H27N5O3S. The summed E-state index contributed by atoms with van der Waals surface area (Å²) in [6.45, 7) is -0.0611. The quantitative estimate of drug-likeness (QED) is 0.332. The summed E-state index contributed by atoms with van der Waals surface area (Å²) < 4.78 is 12.5. The van der Waals surface area contributed by atoms with Crippen LogP contribution in [0.5, 0.6) is 5.75 Å². The van der Waals surface area contributed by atoms with Gasteiger partial charge in [-0.05, 0) is 66.3 Å². The highest BCUT2D eigenvalue weighted by Crippen LogP contribution is 2.43. The van der Waals surface area contributed by atoms with Gasteiger partial charge in [0, 0.05) is 37.1 Å². The van der Waals surface area contributed by atoms with E-state index in [4.69, 9.17) is 21.7 Å². The lowest BCUT2D eigenvalue weighted by Crippen LogP contribution is -2.29. The number of anilines is 2. The Morgan fingerprint density at radius 1 is 1.05 bits per heavy atom. The standard InChI is InChI=1S/C28H27N5O3S/c1-35-18-25(34)30-23-16-21(11-12-24(23)36-2)33-27(26(31-28(33)37)22-10-6-7-14-29-22)19-13-15-32(17-19)20-8-4-3-5-9-20/h3-17,26-27H,18H2,1-2H3,(H,30,34)(H,31,37)/t26-,27-/m1/s1. The maximum atomic E-state index is 12.3. The number of ether oxygens (including phenoxy) is 2. The molecule has 0 radical (unpaired) electrons. The number of carbonyl (C=O) groups is 1. The summed E-state index contributed by atoms with van der Waals surface area (Å²) in [5.74, 6) is 0.266. The fourth-order valence-electron chi connectivity index (χ4n) is 4.58. The highest BCUT2D eigenvalue weighted by molar-refractivity contribution is 7.80. The minimum atomic E-state index is -0.275. The van der Waals surface area contributed by atoms with Crippen molar-refractivity contribution < 1.29 is 14.3 Å². The van der Waals surface area contributed by atoms with Gasteiger partial charge in [-0.2, -0.15) is 0 Å². The summed E-state index contributed by atoms with van der Waals surface area (Å²) in [4.78, 5) is 19.0. The van der Waals surface area contributed by atoms with Crippen molar-refractivity contribution in [1.29, 1.82) is 0 Å². The number of methoxy groups -OCH3 is 2. The van der Waals surface area contributed by atoms with E-state index < -0.39 is 0 Å². The lowest BCUT2D eigenvalue weighted by molar-refractivity contribution is -0.119. The summed E-state index contributed by atoms with van der Waals surface area (Å²) in [7, 11) is 3.04. The molecule has 9 heteroatoms. The van der Waals surface area contributed by atoms with Gasteiger partial charge in [-0.1, -0.05) is 24.3 Å². The number of amides is 1. The minimum absolute atomic E-state index is 0.0611. The number of aromatic nitrogens is 2. The van der Waals surface area contributed by atoms with Crippen LogP contribution in [0, 0.1) is 0 Å². The van der Waals surface area contributed by atoms with Gasteiger partial charge in [-0.3, -0.25) is 9.78 Å². The minimum Gasteiger partial charge on any atom is -0.495 e. The number of benzene rings is 2. The van der Waals surface area contributed by atoms with Crippen LogP contribution in [0.1, 0.15) is 23.3 Å². The molecule has 37 heavy (non-hydrogen) atoms. The molecule has 3 heterocycles. The second kappa shape index (κ2) is 10.8. The molecule has 0 bridgehead atoms. The smallest absolute Gasteiger partial charge is 0.250 e. The van der Waals surface area contributed by atoms with E-state index in [1.54, 1.807) is 13.3 Å². The van der Waals surface area contributed by atoms with Crippen LogP contribution >= 0.6 is 12.2 Å². The van der Waals surface area contributed by atoms with Crippen molar-refractivity contribution in [2.45, 2.75) is 12.1 Å². The molecule has 2 N–H and O–H groups in total. The van der Waals surface area contributed by atoms with Gasteiger partial charge in [0.25, 0.3) is 0 Å². The summed E-state index contributed by atoms with van der Waals surface area (Å²) in [6.07, 6.45) is 5.94. The number of pyridine rings is 1. The van der Waals surface area contributed by atoms with Crippen LogP contribution in [0.4, 0.5) is 11.4 Å². The van der Waals surface area contributed by atoms with Gasteiger partial charge in [-0.25, -0.2) is 0 Å². The van der Waals surface area contributed by atoms with Crippen molar-refractivity contribution in [3.05, 3.63) is 103 Å².